The number of aliphatic carboxylic acids is 1. The lowest BCUT2D eigenvalue weighted by Gasteiger charge is -2.23. The zero-order valence-corrected chi connectivity index (χ0v) is 26.5. The number of likely N-dealkylation sites (tertiary alicyclic amines) is 1. The number of carboxylic acid groups (broad SMARTS) is 1. The van der Waals surface area contributed by atoms with Gasteiger partial charge in [-0.1, -0.05) is 53.5 Å². The second kappa shape index (κ2) is 13.0. The Morgan fingerprint density at radius 2 is 1.78 bits per heavy atom. The summed E-state index contributed by atoms with van der Waals surface area (Å²) in [5.41, 5.74) is 6.45. The minimum Gasteiger partial charge on any atom is -0.480 e. The van der Waals surface area contributed by atoms with Crippen LogP contribution >= 0.6 is 23.2 Å². The molecule has 0 radical (unpaired) electrons. The van der Waals surface area contributed by atoms with Crippen molar-refractivity contribution in [2.24, 2.45) is 0 Å². The molecule has 0 aliphatic carbocycles. The van der Waals surface area contributed by atoms with Crippen LogP contribution in [-0.4, -0.2) is 66.6 Å². The normalized spacial score (nSPS) is 18.2. The first kappa shape index (κ1) is 30.6. The molecule has 0 bridgehead atoms. The summed E-state index contributed by atoms with van der Waals surface area (Å²) < 4.78 is 1.93. The predicted molar refractivity (Wildman–Crippen MR) is 179 cm³/mol. The lowest BCUT2D eigenvalue weighted by atomic mass is 9.99. The van der Waals surface area contributed by atoms with Gasteiger partial charge in [0.25, 0.3) is 0 Å². The van der Waals surface area contributed by atoms with Crippen molar-refractivity contribution >= 4 is 51.6 Å². The van der Waals surface area contributed by atoms with E-state index in [0.717, 1.165) is 83.4 Å². The number of halogens is 2. The fraction of sp³-hybridized carbons (Fsp3) is 0.294. The molecular formula is C34H33Cl2N7O3. The van der Waals surface area contributed by atoms with E-state index in [0.29, 0.717) is 28.1 Å². The first-order valence-corrected chi connectivity index (χ1v) is 16.1. The van der Waals surface area contributed by atoms with Gasteiger partial charge < -0.3 is 15.5 Å². The number of nitrogens with one attached hydrogen (secondary N) is 2. The van der Waals surface area contributed by atoms with Gasteiger partial charge in [0.05, 0.1) is 39.8 Å². The van der Waals surface area contributed by atoms with Crippen LogP contribution in [-0.2, 0) is 17.9 Å². The number of hydrogen-bond donors (Lipinski definition) is 4. The maximum atomic E-state index is 11.2. The molecule has 2 atom stereocenters. The molecule has 1 saturated heterocycles. The number of aliphatic hydroxyl groups excluding tert-OH is 1. The third-order valence-corrected chi connectivity index (χ3v) is 9.47. The summed E-state index contributed by atoms with van der Waals surface area (Å²) in [6.07, 6.45) is 5.90. The molecule has 4 N–H and O–H groups in total. The van der Waals surface area contributed by atoms with Crippen molar-refractivity contribution < 1.29 is 15.0 Å². The number of anilines is 2. The Bertz CT molecular complexity index is 1930. The minimum absolute atomic E-state index is 0.0897. The molecule has 10 nitrogen and oxygen atoms in total. The summed E-state index contributed by atoms with van der Waals surface area (Å²) in [4.78, 5) is 22.7. The summed E-state index contributed by atoms with van der Waals surface area (Å²) in [5, 5.41) is 32.3. The van der Waals surface area contributed by atoms with E-state index >= 15 is 0 Å². The van der Waals surface area contributed by atoms with Crippen molar-refractivity contribution in [2.75, 3.05) is 25.0 Å². The molecule has 236 valence electrons. The molecule has 7 rings (SSSR count). The van der Waals surface area contributed by atoms with Crippen LogP contribution in [0.2, 0.25) is 10.0 Å². The highest BCUT2D eigenvalue weighted by molar-refractivity contribution is 6.39. The van der Waals surface area contributed by atoms with Gasteiger partial charge in [-0.05, 0) is 49.1 Å². The molecule has 0 spiro atoms. The van der Waals surface area contributed by atoms with E-state index in [4.69, 9.17) is 38.4 Å². The summed E-state index contributed by atoms with van der Waals surface area (Å²) in [5.74, 6) is -0.299. The predicted octanol–water partition coefficient (Wildman–Crippen LogP) is 6.29. The summed E-state index contributed by atoms with van der Waals surface area (Å²) in [6, 6.07) is 17.5. The molecule has 12 heteroatoms. The molecule has 46 heavy (non-hydrogen) atoms. The number of aromatic nitrogens is 4. The molecule has 5 aromatic rings. The molecule has 0 amide bonds. The summed E-state index contributed by atoms with van der Waals surface area (Å²) >= 11 is 14.1. The van der Waals surface area contributed by atoms with Crippen LogP contribution in [0.15, 0.2) is 67.0 Å². The Hall–Kier alpha value is -4.06. The quantitative estimate of drug-likeness (QED) is 0.145. The number of rotatable bonds is 9. The van der Waals surface area contributed by atoms with Crippen molar-refractivity contribution in [1.29, 1.82) is 0 Å². The number of hydrogen-bond acceptors (Lipinski definition) is 8. The van der Waals surface area contributed by atoms with E-state index in [9.17, 15) is 9.90 Å². The van der Waals surface area contributed by atoms with E-state index < -0.39 is 5.97 Å². The van der Waals surface area contributed by atoms with Gasteiger partial charge in [-0.15, -0.1) is 0 Å². The van der Waals surface area contributed by atoms with E-state index in [1.165, 1.54) is 0 Å². The molecule has 5 heterocycles. The maximum Gasteiger partial charge on any atom is 0.317 e. The standard InChI is InChI=1S/C34H33Cl2N7O3/c35-31-23(4-1-6-25(31)28-15-29-26(38-17-30(45)46)8-3-12-43(29)41-28)24-5-2-7-27(32(24)36)40-34-33-21(9-11-37-34)14-20(16-39-33)18-42-13-10-22(44)19-42/h1-2,4-7,9,11,14-16,22,26,38,44H,3,8,10,12-13,17-19H2,(H,37,40)(H,45,46)/t22-,26?/m1/s1. The molecule has 2 aliphatic heterocycles. The number of carbonyl (C=O) groups is 1. The highest BCUT2D eigenvalue weighted by Gasteiger charge is 2.25. The third kappa shape index (κ3) is 6.19. The van der Waals surface area contributed by atoms with Crippen LogP contribution in [0.5, 0.6) is 0 Å². The van der Waals surface area contributed by atoms with Gasteiger partial charge >= 0.3 is 5.97 Å². The van der Waals surface area contributed by atoms with E-state index in [1.54, 1.807) is 6.20 Å². The lowest BCUT2D eigenvalue weighted by Crippen LogP contribution is -2.31. The number of fused-ring (bicyclic) bond motifs is 2. The van der Waals surface area contributed by atoms with Crippen LogP contribution in [0, 0.1) is 0 Å². The fourth-order valence-corrected chi connectivity index (χ4v) is 7.03. The van der Waals surface area contributed by atoms with Gasteiger partial charge in [-0.2, -0.15) is 5.10 Å². The van der Waals surface area contributed by atoms with Crippen molar-refractivity contribution in [2.45, 2.75) is 44.5 Å². The molecule has 2 aromatic carbocycles. The first-order chi connectivity index (χ1) is 22.3. The monoisotopic (exact) mass is 657 g/mol. The average molecular weight is 659 g/mol. The zero-order valence-electron chi connectivity index (χ0n) is 25.0. The van der Waals surface area contributed by atoms with Crippen LogP contribution in [0.25, 0.3) is 33.3 Å². The number of aryl methyl sites for hydroxylation is 1. The van der Waals surface area contributed by atoms with Gasteiger partial charge in [0, 0.05) is 66.7 Å². The third-order valence-electron chi connectivity index (χ3n) is 8.66. The first-order valence-electron chi connectivity index (χ1n) is 15.4. The van der Waals surface area contributed by atoms with Gasteiger partial charge in [0.2, 0.25) is 0 Å². The van der Waals surface area contributed by atoms with Crippen molar-refractivity contribution in [3.8, 4) is 22.4 Å². The number of benzene rings is 2. The van der Waals surface area contributed by atoms with Crippen LogP contribution in [0.1, 0.15) is 36.6 Å². The molecule has 1 fully saturated rings. The van der Waals surface area contributed by atoms with Gasteiger partial charge in [-0.25, -0.2) is 4.98 Å². The molecule has 3 aromatic heterocycles. The Morgan fingerprint density at radius 3 is 2.59 bits per heavy atom. The van der Waals surface area contributed by atoms with Crippen molar-refractivity contribution in [3.05, 3.63) is 88.3 Å². The molecule has 2 aliphatic rings. The molecular weight excluding hydrogens is 625 g/mol. The van der Waals surface area contributed by atoms with Crippen LogP contribution in [0.3, 0.4) is 0 Å². The summed E-state index contributed by atoms with van der Waals surface area (Å²) in [7, 11) is 0. The number of pyridine rings is 2. The van der Waals surface area contributed by atoms with Gasteiger partial charge in [0.1, 0.15) is 5.52 Å². The summed E-state index contributed by atoms with van der Waals surface area (Å²) in [6.45, 7) is 2.95. The van der Waals surface area contributed by atoms with E-state index in [-0.39, 0.29) is 18.7 Å². The van der Waals surface area contributed by atoms with Crippen molar-refractivity contribution in [1.82, 2.24) is 30.0 Å². The van der Waals surface area contributed by atoms with E-state index in [2.05, 4.69) is 26.6 Å². The second-order valence-corrected chi connectivity index (χ2v) is 12.6. The molecule has 1 unspecified atom stereocenters. The van der Waals surface area contributed by atoms with Gasteiger partial charge in [0.15, 0.2) is 5.82 Å². The smallest absolute Gasteiger partial charge is 0.317 e. The average Bonchev–Trinajstić information content (AvgIpc) is 3.67. The Kier molecular flexibility index (Phi) is 8.63. The fourth-order valence-electron chi connectivity index (χ4n) is 6.43. The zero-order chi connectivity index (χ0) is 31.8. The van der Waals surface area contributed by atoms with Gasteiger partial charge in [-0.3, -0.25) is 24.7 Å². The Balaban J connectivity index is 1.16. The van der Waals surface area contributed by atoms with Crippen LogP contribution in [0.4, 0.5) is 11.5 Å². The SMILES string of the molecule is O=C(O)CNC1CCCn2nc(-c3cccc(-c4cccc(Nc5nccc6cc(CN7CC[C@@H](O)C7)cnc56)c4Cl)c3Cl)cc21. The van der Waals surface area contributed by atoms with E-state index in [1.807, 2.05) is 59.4 Å². The maximum absolute atomic E-state index is 11.2. The minimum atomic E-state index is -0.891. The number of carboxylic acids is 1. The lowest BCUT2D eigenvalue weighted by molar-refractivity contribution is -0.136. The topological polar surface area (TPSA) is 128 Å². The second-order valence-electron chi connectivity index (χ2n) is 11.9. The van der Waals surface area contributed by atoms with Crippen LogP contribution < -0.4 is 10.6 Å². The Morgan fingerprint density at radius 1 is 0.978 bits per heavy atom. The Labute approximate surface area is 276 Å². The molecule has 0 saturated carbocycles. The number of aliphatic hydroxyl groups is 1. The highest BCUT2D eigenvalue weighted by atomic mass is 35.5. The van der Waals surface area contributed by atoms with Crippen molar-refractivity contribution in [3.63, 3.8) is 0 Å². The number of β-amino-alcohol motifs (C(OH)–C–C–N with tert-alkyl or cyclic N) is 1. The number of nitrogens with zero attached hydrogens (tertiary/aromatic N) is 5. The highest BCUT2D eigenvalue weighted by Crippen LogP contribution is 2.42. The largest absolute Gasteiger partial charge is 0.480 e.